The number of carboxylic acids is 1. The Labute approximate surface area is 231 Å². The molecule has 5 aromatic rings. The molecule has 0 aliphatic carbocycles. The van der Waals surface area contributed by atoms with Crippen LogP contribution in [0, 0.1) is 23.0 Å². The third-order valence-electron chi connectivity index (χ3n) is 6.22. The van der Waals surface area contributed by atoms with Gasteiger partial charge in [0.1, 0.15) is 30.1 Å². The predicted molar refractivity (Wildman–Crippen MR) is 144 cm³/mol. The number of carbonyl (C=O) groups is 1. The largest absolute Gasteiger partial charge is 0.478 e. The highest BCUT2D eigenvalue weighted by atomic mass is 32.1. The fourth-order valence-corrected chi connectivity index (χ4v) is 4.99. The Morgan fingerprint density at radius 3 is 2.73 bits per heavy atom. The van der Waals surface area contributed by atoms with Crippen LogP contribution in [0.25, 0.3) is 22.3 Å². The zero-order chi connectivity index (χ0) is 28.2. The molecule has 0 spiro atoms. The van der Waals surface area contributed by atoms with E-state index < -0.39 is 17.6 Å². The minimum absolute atomic E-state index is 0.0198. The molecule has 11 heteroatoms. The summed E-state index contributed by atoms with van der Waals surface area (Å²) in [4.78, 5) is 21.2. The highest BCUT2D eigenvalue weighted by molar-refractivity contribution is 7.10. The first-order valence-corrected chi connectivity index (χ1v) is 13.0. The molecule has 0 saturated heterocycles. The van der Waals surface area contributed by atoms with Gasteiger partial charge in [0.2, 0.25) is 5.88 Å². The Kier molecular flexibility index (Phi) is 7.82. The molecule has 0 radical (unpaired) electrons. The second kappa shape index (κ2) is 11.6. The average Bonchev–Trinajstić information content (AvgIpc) is 3.56. The van der Waals surface area contributed by atoms with E-state index in [0.717, 1.165) is 17.0 Å². The third-order valence-corrected chi connectivity index (χ3v) is 7.13. The quantitative estimate of drug-likeness (QED) is 0.229. The predicted octanol–water partition coefficient (Wildman–Crippen LogP) is 5.82. The van der Waals surface area contributed by atoms with Crippen LogP contribution in [0.3, 0.4) is 0 Å². The molecular weight excluding hydrogens is 538 g/mol. The maximum Gasteiger partial charge on any atom is 0.335 e. The van der Waals surface area contributed by atoms with Gasteiger partial charge >= 0.3 is 5.97 Å². The normalized spacial score (nSPS) is 11.1. The van der Waals surface area contributed by atoms with Crippen molar-refractivity contribution < 1.29 is 28.2 Å². The molecule has 1 N–H and O–H groups in total. The van der Waals surface area contributed by atoms with Crippen molar-refractivity contribution >= 4 is 28.3 Å². The standard InChI is InChI=1S/C29H22F2N4O4S/c1-38-8-7-35-26-11-18(29(36)37)5-6-25(26)33-27(35)12-19-10-23(31)21(13-22(19)30)24-3-2-4-28(34-24)39-15-20-9-17(14-32)16-40-20/h2-6,9-11,13,16H,7-8,12,15H2,1H3,(H,36,37). The van der Waals surface area contributed by atoms with Crippen molar-refractivity contribution in [1.82, 2.24) is 14.5 Å². The fraction of sp³-hybridized carbons (Fsp3) is 0.172. The number of aromatic carboxylic acids is 1. The molecule has 5 rings (SSSR count). The number of methoxy groups -OCH3 is 1. The summed E-state index contributed by atoms with van der Waals surface area (Å²) in [5.74, 6) is -1.69. The van der Waals surface area contributed by atoms with Gasteiger partial charge < -0.3 is 19.1 Å². The molecule has 202 valence electrons. The number of thiophene rings is 1. The Bertz CT molecular complexity index is 1760. The first-order valence-electron chi connectivity index (χ1n) is 12.1. The van der Waals surface area contributed by atoms with Crippen molar-refractivity contribution in [3.8, 4) is 23.2 Å². The molecule has 8 nitrogen and oxygen atoms in total. The number of rotatable bonds is 10. The summed E-state index contributed by atoms with van der Waals surface area (Å²) in [5, 5.41) is 20.1. The van der Waals surface area contributed by atoms with Crippen molar-refractivity contribution in [1.29, 1.82) is 5.26 Å². The first kappa shape index (κ1) is 26.9. The lowest BCUT2D eigenvalue weighted by Crippen LogP contribution is -2.10. The van der Waals surface area contributed by atoms with Crippen LogP contribution in [0.4, 0.5) is 8.78 Å². The van der Waals surface area contributed by atoms with Gasteiger partial charge in [-0.15, -0.1) is 11.3 Å². The Morgan fingerprint density at radius 1 is 1.12 bits per heavy atom. The molecule has 0 atom stereocenters. The molecule has 0 saturated carbocycles. The van der Waals surface area contributed by atoms with Gasteiger partial charge in [-0.2, -0.15) is 5.26 Å². The van der Waals surface area contributed by atoms with E-state index in [9.17, 15) is 9.90 Å². The van der Waals surface area contributed by atoms with Crippen LogP contribution in [-0.2, 0) is 24.3 Å². The highest BCUT2D eigenvalue weighted by Crippen LogP contribution is 2.28. The Hall–Kier alpha value is -4.66. The highest BCUT2D eigenvalue weighted by Gasteiger charge is 2.18. The van der Waals surface area contributed by atoms with Crippen LogP contribution < -0.4 is 4.74 Å². The van der Waals surface area contributed by atoms with Crippen LogP contribution in [0.15, 0.2) is 60.0 Å². The molecule has 0 aliphatic heterocycles. The van der Waals surface area contributed by atoms with Crippen molar-refractivity contribution in [2.24, 2.45) is 0 Å². The van der Waals surface area contributed by atoms with Crippen LogP contribution in [-0.4, -0.2) is 39.3 Å². The van der Waals surface area contributed by atoms with E-state index in [1.54, 1.807) is 40.3 Å². The van der Waals surface area contributed by atoms with Gasteiger partial charge in [0.25, 0.3) is 0 Å². The lowest BCUT2D eigenvalue weighted by atomic mass is 10.0. The van der Waals surface area contributed by atoms with Crippen LogP contribution in [0.2, 0.25) is 0 Å². The zero-order valence-corrected chi connectivity index (χ0v) is 22.0. The number of ether oxygens (including phenoxy) is 2. The van der Waals surface area contributed by atoms with Gasteiger partial charge in [-0.25, -0.2) is 23.5 Å². The number of benzene rings is 2. The van der Waals surface area contributed by atoms with Gasteiger partial charge in [-0.3, -0.25) is 0 Å². The SMILES string of the molecule is COCCn1c(Cc2cc(F)c(-c3cccc(OCc4cc(C#N)cs4)n3)cc2F)nc2ccc(C(=O)O)cc21. The van der Waals surface area contributed by atoms with Gasteiger partial charge in [0.05, 0.1) is 34.5 Å². The van der Waals surface area contributed by atoms with E-state index in [4.69, 9.17) is 14.7 Å². The van der Waals surface area contributed by atoms with Crippen LogP contribution >= 0.6 is 11.3 Å². The molecule has 40 heavy (non-hydrogen) atoms. The topological polar surface area (TPSA) is 110 Å². The van der Waals surface area contributed by atoms with Crippen LogP contribution in [0.5, 0.6) is 5.88 Å². The second-order valence-corrected chi connectivity index (χ2v) is 9.84. The van der Waals surface area contributed by atoms with Gasteiger partial charge in [0, 0.05) is 42.0 Å². The molecule has 3 aromatic heterocycles. The molecule has 2 aromatic carbocycles. The van der Waals surface area contributed by atoms with E-state index in [0.29, 0.717) is 35.6 Å². The van der Waals surface area contributed by atoms with Crippen molar-refractivity contribution in [3.05, 3.63) is 99.0 Å². The van der Waals surface area contributed by atoms with Crippen LogP contribution in [0.1, 0.15) is 32.2 Å². The summed E-state index contributed by atoms with van der Waals surface area (Å²) in [7, 11) is 1.54. The number of fused-ring (bicyclic) bond motifs is 1. The summed E-state index contributed by atoms with van der Waals surface area (Å²) >= 11 is 1.38. The lowest BCUT2D eigenvalue weighted by molar-refractivity contribution is 0.0697. The number of nitrogens with zero attached hydrogens (tertiary/aromatic N) is 4. The number of hydrogen-bond donors (Lipinski definition) is 1. The molecule has 0 bridgehead atoms. The van der Waals surface area contributed by atoms with E-state index in [2.05, 4.69) is 16.0 Å². The number of carboxylic acid groups (broad SMARTS) is 1. The summed E-state index contributed by atoms with van der Waals surface area (Å²) in [6, 6.07) is 15.4. The maximum atomic E-state index is 15.3. The molecule has 0 unspecified atom stereocenters. The van der Waals surface area contributed by atoms with Gasteiger partial charge in [-0.1, -0.05) is 6.07 Å². The maximum absolute atomic E-state index is 15.3. The van der Waals surface area contributed by atoms with E-state index >= 15 is 8.78 Å². The summed E-state index contributed by atoms with van der Waals surface area (Å²) in [6.45, 7) is 0.867. The monoisotopic (exact) mass is 560 g/mol. The van der Waals surface area contributed by atoms with E-state index in [1.807, 2.05) is 0 Å². The zero-order valence-electron chi connectivity index (χ0n) is 21.2. The lowest BCUT2D eigenvalue weighted by Gasteiger charge is -2.12. The Balaban J connectivity index is 1.41. The number of aromatic nitrogens is 3. The molecule has 3 heterocycles. The molecular formula is C29H22F2N4O4S. The van der Waals surface area contributed by atoms with Crippen molar-refractivity contribution in [2.75, 3.05) is 13.7 Å². The molecule has 0 fully saturated rings. The first-order chi connectivity index (χ1) is 19.4. The van der Waals surface area contributed by atoms with E-state index in [1.165, 1.54) is 30.6 Å². The molecule has 0 aliphatic rings. The summed E-state index contributed by atoms with van der Waals surface area (Å²) < 4.78 is 43.3. The third kappa shape index (κ3) is 5.68. The average molecular weight is 561 g/mol. The smallest absolute Gasteiger partial charge is 0.335 e. The minimum atomic E-state index is -1.07. The minimum Gasteiger partial charge on any atom is -0.478 e. The number of halogens is 2. The number of pyridine rings is 1. The Morgan fingerprint density at radius 2 is 1.98 bits per heavy atom. The second-order valence-electron chi connectivity index (χ2n) is 8.84. The fourth-order valence-electron chi connectivity index (χ4n) is 4.27. The number of hydrogen-bond acceptors (Lipinski definition) is 7. The van der Waals surface area contributed by atoms with Gasteiger partial charge in [0.15, 0.2) is 0 Å². The van der Waals surface area contributed by atoms with Crippen molar-refractivity contribution in [2.45, 2.75) is 19.6 Å². The van der Waals surface area contributed by atoms with Gasteiger partial charge in [-0.05, 0) is 48.0 Å². The number of nitriles is 1. The summed E-state index contributed by atoms with van der Waals surface area (Å²) in [5.41, 5.74) is 2.03. The summed E-state index contributed by atoms with van der Waals surface area (Å²) in [6.07, 6.45) is -0.0219. The molecule has 0 amide bonds. The van der Waals surface area contributed by atoms with Crippen molar-refractivity contribution in [3.63, 3.8) is 0 Å². The number of imidazole rings is 1. The van der Waals surface area contributed by atoms with E-state index in [-0.39, 0.29) is 41.3 Å².